The van der Waals surface area contributed by atoms with Gasteiger partial charge in [0.1, 0.15) is 17.6 Å². The summed E-state index contributed by atoms with van der Waals surface area (Å²) in [7, 11) is 0. The van der Waals surface area contributed by atoms with Crippen molar-refractivity contribution in [2.24, 2.45) is 0 Å². The average molecular weight is 344 g/mol. The van der Waals surface area contributed by atoms with Crippen LogP contribution in [-0.2, 0) is 30.8 Å². The minimum absolute atomic E-state index is 0.0550. The minimum atomic E-state index is -0.507. The van der Waals surface area contributed by atoms with Crippen LogP contribution < -0.4 is 0 Å². The Balaban J connectivity index is 1.72. The summed E-state index contributed by atoms with van der Waals surface area (Å²) >= 11 is 0. The highest BCUT2D eigenvalue weighted by molar-refractivity contribution is 5.70. The monoisotopic (exact) mass is 344 g/mol. The molecule has 0 aromatic carbocycles. The topological polar surface area (TPSA) is 78.1 Å². The number of aromatic nitrogens is 5. The van der Waals surface area contributed by atoms with Gasteiger partial charge in [0.25, 0.3) is 0 Å². The summed E-state index contributed by atoms with van der Waals surface area (Å²) in [4.78, 5) is 14.4. The van der Waals surface area contributed by atoms with Crippen LogP contribution in [0.25, 0.3) is 11.5 Å². The molecule has 4 heterocycles. The van der Waals surface area contributed by atoms with Crippen LogP contribution in [0, 0.1) is 0 Å². The van der Waals surface area contributed by atoms with E-state index in [1.54, 1.807) is 11.2 Å². The van der Waals surface area contributed by atoms with E-state index in [-0.39, 0.29) is 12.1 Å². The second kappa shape index (κ2) is 5.57. The van der Waals surface area contributed by atoms with E-state index in [0.717, 1.165) is 48.7 Å². The lowest BCUT2D eigenvalue weighted by Gasteiger charge is -2.34. The summed E-state index contributed by atoms with van der Waals surface area (Å²) in [5.74, 6) is 0.838. The maximum absolute atomic E-state index is 12.6. The van der Waals surface area contributed by atoms with Crippen molar-refractivity contribution in [2.75, 3.05) is 0 Å². The van der Waals surface area contributed by atoms with Crippen molar-refractivity contribution < 1.29 is 9.53 Å². The van der Waals surface area contributed by atoms with Crippen molar-refractivity contribution in [1.82, 2.24) is 29.4 Å². The third kappa shape index (κ3) is 2.79. The molecule has 2 aromatic rings. The van der Waals surface area contributed by atoms with E-state index in [0.29, 0.717) is 6.54 Å². The highest BCUT2D eigenvalue weighted by Crippen LogP contribution is 2.33. The van der Waals surface area contributed by atoms with Gasteiger partial charge in [-0.1, -0.05) is 0 Å². The Hall–Kier alpha value is -2.38. The van der Waals surface area contributed by atoms with Gasteiger partial charge >= 0.3 is 6.09 Å². The van der Waals surface area contributed by atoms with E-state index in [2.05, 4.69) is 14.8 Å². The number of ether oxygens (including phenoxy) is 1. The van der Waals surface area contributed by atoms with Gasteiger partial charge in [-0.3, -0.25) is 4.68 Å². The molecule has 25 heavy (non-hydrogen) atoms. The van der Waals surface area contributed by atoms with E-state index in [1.807, 2.05) is 32.4 Å². The maximum Gasteiger partial charge on any atom is 0.410 e. The van der Waals surface area contributed by atoms with Crippen molar-refractivity contribution in [3.63, 3.8) is 0 Å². The highest BCUT2D eigenvalue weighted by atomic mass is 16.6. The van der Waals surface area contributed by atoms with Crippen molar-refractivity contribution in [3.05, 3.63) is 17.6 Å². The fourth-order valence-electron chi connectivity index (χ4n) is 3.56. The summed E-state index contributed by atoms with van der Waals surface area (Å²) in [5, 5.41) is 13.2. The number of hydrogen-bond acceptors (Lipinski definition) is 5. The number of hydrogen-bond donors (Lipinski definition) is 0. The van der Waals surface area contributed by atoms with Gasteiger partial charge in [-0.05, 0) is 34.1 Å². The Bertz CT molecular complexity index is 816. The molecular formula is C17H24N6O2. The molecule has 0 saturated carbocycles. The molecule has 0 spiro atoms. The number of fused-ring (bicyclic) bond motifs is 5. The van der Waals surface area contributed by atoms with Crippen LogP contribution in [0.15, 0.2) is 6.33 Å². The zero-order chi connectivity index (χ0) is 17.8. The van der Waals surface area contributed by atoms with Crippen LogP contribution >= 0.6 is 0 Å². The maximum atomic E-state index is 12.6. The molecule has 2 aliphatic rings. The number of nitrogens with zero attached hydrogens (tertiary/aromatic N) is 6. The summed E-state index contributed by atoms with van der Waals surface area (Å²) in [5.41, 5.74) is 2.61. The first-order valence-corrected chi connectivity index (χ1v) is 8.80. The molecule has 8 nitrogen and oxygen atoms in total. The Morgan fingerprint density at radius 2 is 2.12 bits per heavy atom. The van der Waals surface area contributed by atoms with Crippen molar-refractivity contribution >= 4 is 6.09 Å². The highest BCUT2D eigenvalue weighted by Gasteiger charge is 2.35. The van der Waals surface area contributed by atoms with Gasteiger partial charge in [0.05, 0.1) is 12.2 Å². The van der Waals surface area contributed by atoms with Crippen LogP contribution in [0.2, 0.25) is 0 Å². The predicted molar refractivity (Wildman–Crippen MR) is 90.8 cm³/mol. The number of carbonyl (C=O) groups is 1. The molecule has 2 aliphatic heterocycles. The quantitative estimate of drug-likeness (QED) is 0.732. The first kappa shape index (κ1) is 16.1. The molecule has 0 unspecified atom stereocenters. The summed E-state index contributed by atoms with van der Waals surface area (Å²) < 4.78 is 9.69. The third-order valence-electron chi connectivity index (χ3n) is 4.71. The molecular weight excluding hydrogens is 320 g/mol. The van der Waals surface area contributed by atoms with E-state index in [9.17, 15) is 4.79 Å². The largest absolute Gasteiger partial charge is 0.444 e. The minimum Gasteiger partial charge on any atom is -0.444 e. The Labute approximate surface area is 146 Å². The molecule has 1 atom stereocenters. The van der Waals surface area contributed by atoms with E-state index in [4.69, 9.17) is 9.84 Å². The Morgan fingerprint density at radius 3 is 2.88 bits per heavy atom. The SMILES string of the molecule is C[C@@H]1Cc2nn3c(c2CN1C(=O)OC(C)(C)C)-c1nncn1CCC3. The number of aryl methyl sites for hydroxylation is 2. The summed E-state index contributed by atoms with van der Waals surface area (Å²) in [6.45, 7) is 9.94. The molecule has 1 amide bonds. The average Bonchev–Trinajstić information content (AvgIpc) is 3.04. The van der Waals surface area contributed by atoms with E-state index >= 15 is 0 Å². The molecule has 0 aliphatic carbocycles. The second-order valence-electron chi connectivity index (χ2n) is 7.86. The zero-order valence-electron chi connectivity index (χ0n) is 15.2. The Kier molecular flexibility index (Phi) is 3.59. The molecule has 0 saturated heterocycles. The van der Waals surface area contributed by atoms with E-state index in [1.165, 1.54) is 0 Å². The van der Waals surface area contributed by atoms with Crippen molar-refractivity contribution in [3.8, 4) is 11.5 Å². The van der Waals surface area contributed by atoms with Crippen LogP contribution in [0.1, 0.15) is 45.4 Å². The van der Waals surface area contributed by atoms with Crippen LogP contribution in [0.4, 0.5) is 4.79 Å². The predicted octanol–water partition coefficient (Wildman–Crippen LogP) is 2.23. The lowest BCUT2D eigenvalue weighted by Crippen LogP contribution is -2.45. The smallest absolute Gasteiger partial charge is 0.410 e. The van der Waals surface area contributed by atoms with Crippen molar-refractivity contribution in [2.45, 2.75) is 71.8 Å². The third-order valence-corrected chi connectivity index (χ3v) is 4.71. The van der Waals surface area contributed by atoms with Crippen LogP contribution in [0.5, 0.6) is 0 Å². The lowest BCUT2D eigenvalue weighted by molar-refractivity contribution is 0.0138. The first-order chi connectivity index (χ1) is 11.8. The molecule has 4 rings (SSSR count). The molecule has 0 bridgehead atoms. The van der Waals surface area contributed by atoms with Gasteiger partial charge in [0, 0.05) is 31.1 Å². The van der Waals surface area contributed by atoms with Gasteiger partial charge in [0.15, 0.2) is 5.82 Å². The van der Waals surface area contributed by atoms with Crippen LogP contribution in [0.3, 0.4) is 0 Å². The van der Waals surface area contributed by atoms with Gasteiger partial charge in [-0.15, -0.1) is 10.2 Å². The fourth-order valence-corrected chi connectivity index (χ4v) is 3.56. The fraction of sp³-hybridized carbons (Fsp3) is 0.647. The number of amides is 1. The molecule has 0 radical (unpaired) electrons. The lowest BCUT2D eigenvalue weighted by atomic mass is 10.00. The summed E-state index contributed by atoms with van der Waals surface area (Å²) in [6, 6.07) is 0.0550. The molecule has 134 valence electrons. The van der Waals surface area contributed by atoms with Gasteiger partial charge < -0.3 is 14.2 Å². The number of carbonyl (C=O) groups excluding carboxylic acids is 1. The summed E-state index contributed by atoms with van der Waals surface area (Å²) in [6.07, 6.45) is 3.20. The van der Waals surface area contributed by atoms with Crippen LogP contribution in [-0.4, -0.2) is 47.2 Å². The second-order valence-corrected chi connectivity index (χ2v) is 7.86. The Morgan fingerprint density at radius 1 is 1.32 bits per heavy atom. The standard InChI is InChI=1S/C17H24N6O2/c1-11-8-13-12(9-22(11)16(24)25-17(2,3)4)14-15-19-18-10-21(15)6-5-7-23(14)20-13/h10-11H,5-9H2,1-4H3/t11-/m1/s1. The van der Waals surface area contributed by atoms with Gasteiger partial charge in [-0.2, -0.15) is 5.10 Å². The normalized spacial score (nSPS) is 19.7. The molecule has 0 N–H and O–H groups in total. The molecule has 0 fully saturated rings. The van der Waals surface area contributed by atoms with Gasteiger partial charge in [-0.25, -0.2) is 4.79 Å². The first-order valence-electron chi connectivity index (χ1n) is 8.80. The van der Waals surface area contributed by atoms with Gasteiger partial charge in [0.2, 0.25) is 0 Å². The number of rotatable bonds is 0. The van der Waals surface area contributed by atoms with E-state index < -0.39 is 5.60 Å². The van der Waals surface area contributed by atoms with Crippen molar-refractivity contribution in [1.29, 1.82) is 0 Å². The molecule has 8 heteroatoms. The molecule has 2 aromatic heterocycles. The zero-order valence-corrected chi connectivity index (χ0v) is 15.2.